The first-order valence-electron chi connectivity index (χ1n) is 13.1. The number of aldehydes is 1. The Balaban J connectivity index is 0. The maximum atomic E-state index is 10.6. The van der Waals surface area contributed by atoms with Crippen LogP contribution in [0, 0.1) is 0 Å². The third-order valence-corrected chi connectivity index (χ3v) is 4.70. The lowest BCUT2D eigenvalue weighted by Gasteiger charge is -2.08. The number of amides is 1. The summed E-state index contributed by atoms with van der Waals surface area (Å²) in [5.41, 5.74) is 4.33. The quantitative estimate of drug-likeness (QED) is 0.0960. The van der Waals surface area contributed by atoms with Crippen molar-refractivity contribution < 1.29 is 29.8 Å². The fourth-order valence-corrected chi connectivity index (χ4v) is 2.55. The molecule has 0 bridgehead atoms. The number of Topliss-reactive ketones (excluding diaryl/α,β-unsaturated/α-hetero) is 1. The maximum Gasteiger partial charge on any atom is 0.243 e. The molecule has 2 aromatic rings. The molecule has 0 fully saturated rings. The number of pyridine rings is 1. The number of hydroxylamine groups is 1. The summed E-state index contributed by atoms with van der Waals surface area (Å²) < 4.78 is 0. The number of hydrogen-bond acceptors (Lipinski definition) is 9. The van der Waals surface area contributed by atoms with Gasteiger partial charge >= 0.3 is 0 Å². The molecule has 0 radical (unpaired) electrons. The van der Waals surface area contributed by atoms with Crippen LogP contribution in [-0.4, -0.2) is 71.2 Å². The largest absolute Gasteiger partial charge is 0.394 e. The maximum absolute atomic E-state index is 10.6. The molecule has 226 valence electrons. The highest BCUT2D eigenvalue weighted by Crippen LogP contribution is 2.01. The molecule has 0 spiro atoms. The van der Waals surface area contributed by atoms with Crippen LogP contribution in [0.5, 0.6) is 0 Å². The Morgan fingerprint density at radius 2 is 1.80 bits per heavy atom. The van der Waals surface area contributed by atoms with Crippen molar-refractivity contribution in [3.63, 3.8) is 0 Å². The van der Waals surface area contributed by atoms with Crippen LogP contribution < -0.4 is 26.7 Å². The molecule has 0 saturated heterocycles. The highest BCUT2D eigenvalue weighted by Gasteiger charge is 2.00. The Bertz CT molecular complexity index is 1140. The van der Waals surface area contributed by atoms with E-state index in [4.69, 9.17) is 15.4 Å². The van der Waals surface area contributed by atoms with E-state index >= 15 is 0 Å². The van der Waals surface area contributed by atoms with Crippen LogP contribution in [0.15, 0.2) is 66.9 Å². The molecule has 0 aliphatic rings. The lowest BCUT2D eigenvalue weighted by atomic mass is 10.1. The Morgan fingerprint density at radius 1 is 1.15 bits per heavy atom. The molecule has 1 aromatic heterocycles. The number of carbonyl (C=O) groups excluding carboxylic acids is 3. The average Bonchev–Trinajstić information content (AvgIpc) is 2.96. The summed E-state index contributed by atoms with van der Waals surface area (Å²) >= 11 is 0. The first-order valence-corrected chi connectivity index (χ1v) is 13.1. The zero-order chi connectivity index (χ0) is 31.5. The first-order chi connectivity index (χ1) is 19.5. The van der Waals surface area contributed by atoms with E-state index in [1.807, 2.05) is 56.5 Å². The van der Waals surface area contributed by atoms with Gasteiger partial charge in [-0.1, -0.05) is 74.2 Å². The first kappa shape index (κ1) is 39.3. The standard InChI is InChI=1S/C12H13NO.C11H15NO3.C5H11N.C3H7NO2/c1-10(14)6-3-4-7-12-8-5-9-13-11(12)2;13-7-10-3-1-9(2-4-10)5-12-6-11(15)8-14;1-5(2)4-6-3;1-2-3(5)4-6/h3-5,7-9H,2,6H2,1H3;1-4,7,11-12,14-15H,5-6,8H2;6H,1,4H2,2-3H3;6H,2H2,1H3,(H,4,5)/b4-3-,12-7-;;;. The van der Waals surface area contributed by atoms with E-state index < -0.39 is 6.10 Å². The number of likely N-dealkylation sites (N-methyl/N-ethyl adjacent to an activating group) is 1. The van der Waals surface area contributed by atoms with Gasteiger partial charge in [0.05, 0.1) is 18.1 Å². The molecule has 1 aromatic carbocycles. The van der Waals surface area contributed by atoms with Crippen LogP contribution in [-0.2, 0) is 16.1 Å². The molecule has 6 N–H and O–H groups in total. The van der Waals surface area contributed by atoms with Crippen molar-refractivity contribution in [3.05, 3.63) is 88.6 Å². The number of aliphatic hydroxyl groups excluding tert-OH is 2. The number of nitrogens with one attached hydrogen (secondary N) is 3. The van der Waals surface area contributed by atoms with Gasteiger partial charge in [-0.2, -0.15) is 0 Å². The van der Waals surface area contributed by atoms with E-state index in [2.05, 4.69) is 28.8 Å². The molecule has 10 heteroatoms. The molecule has 1 atom stereocenters. The average molecular weight is 571 g/mol. The van der Waals surface area contributed by atoms with E-state index in [0.717, 1.165) is 29.0 Å². The number of ketones is 1. The van der Waals surface area contributed by atoms with E-state index in [1.54, 1.807) is 32.2 Å². The topological polar surface area (TPSA) is 161 Å². The normalized spacial score (nSPS) is 11.0. The Labute approximate surface area is 243 Å². The van der Waals surface area contributed by atoms with Gasteiger partial charge in [0.15, 0.2) is 0 Å². The van der Waals surface area contributed by atoms with Crippen molar-refractivity contribution in [1.82, 2.24) is 21.1 Å². The molecule has 1 heterocycles. The highest BCUT2D eigenvalue weighted by molar-refractivity contribution is 5.77. The minimum atomic E-state index is -0.723. The predicted octanol–water partition coefficient (Wildman–Crippen LogP) is 1.43. The second-order valence-corrected chi connectivity index (χ2v) is 8.74. The lowest BCUT2D eigenvalue weighted by molar-refractivity contribution is -0.128. The molecule has 2 rings (SSSR count). The van der Waals surface area contributed by atoms with Crippen LogP contribution in [0.4, 0.5) is 0 Å². The number of aromatic nitrogens is 1. The van der Waals surface area contributed by atoms with Crippen molar-refractivity contribution in [2.75, 3.05) is 26.7 Å². The van der Waals surface area contributed by atoms with E-state index in [0.29, 0.717) is 31.5 Å². The molecule has 1 amide bonds. The second kappa shape index (κ2) is 26.4. The Hall–Kier alpha value is -3.80. The summed E-state index contributed by atoms with van der Waals surface area (Å²) in [6.07, 6.45) is 8.17. The SMILES string of the molecule is C=C(C)CNC.C=c1nccc/c1=C/C=C\CC(C)=O.CCC(=O)NO.O=Cc1ccc(CNCC(O)CO)cc1. The van der Waals surface area contributed by atoms with Gasteiger partial charge in [-0.15, -0.1) is 0 Å². The molecule has 41 heavy (non-hydrogen) atoms. The summed E-state index contributed by atoms with van der Waals surface area (Å²) in [5.74, 6) is -0.189. The molecule has 0 saturated carbocycles. The second-order valence-electron chi connectivity index (χ2n) is 8.74. The van der Waals surface area contributed by atoms with E-state index in [1.165, 1.54) is 11.1 Å². The third-order valence-electron chi connectivity index (χ3n) is 4.70. The van der Waals surface area contributed by atoms with Crippen LogP contribution in [0.25, 0.3) is 12.7 Å². The van der Waals surface area contributed by atoms with E-state index in [9.17, 15) is 14.4 Å². The molecule has 10 nitrogen and oxygen atoms in total. The number of nitrogens with zero attached hydrogens (tertiary/aromatic N) is 1. The van der Waals surface area contributed by atoms with Gasteiger partial charge in [0.2, 0.25) is 5.91 Å². The van der Waals surface area contributed by atoms with Crippen LogP contribution in [0.3, 0.4) is 0 Å². The summed E-state index contributed by atoms with van der Waals surface area (Å²) in [7, 11) is 1.91. The number of hydrogen-bond donors (Lipinski definition) is 6. The number of rotatable bonds is 12. The van der Waals surface area contributed by atoms with Gasteiger partial charge in [0, 0.05) is 44.2 Å². The minimum Gasteiger partial charge on any atom is -0.394 e. The van der Waals surface area contributed by atoms with Gasteiger partial charge < -0.3 is 20.8 Å². The van der Waals surface area contributed by atoms with Crippen molar-refractivity contribution in [3.8, 4) is 0 Å². The van der Waals surface area contributed by atoms with Gasteiger partial charge in [-0.05, 0) is 37.7 Å². The molecule has 0 aliphatic carbocycles. The minimum absolute atomic E-state index is 0.163. The molecule has 1 unspecified atom stereocenters. The highest BCUT2D eigenvalue weighted by atomic mass is 16.5. The van der Waals surface area contributed by atoms with E-state index in [-0.39, 0.29) is 18.3 Å². The van der Waals surface area contributed by atoms with Gasteiger partial charge in [0.1, 0.15) is 12.1 Å². The summed E-state index contributed by atoms with van der Waals surface area (Å²) in [4.78, 5) is 34.9. The Morgan fingerprint density at radius 3 is 2.22 bits per heavy atom. The molecular weight excluding hydrogens is 524 g/mol. The summed E-state index contributed by atoms with van der Waals surface area (Å²) in [5, 5.41) is 33.1. The number of benzene rings is 1. The zero-order valence-electron chi connectivity index (χ0n) is 24.6. The number of carbonyl (C=O) groups is 3. The number of aliphatic hydroxyl groups is 2. The third kappa shape index (κ3) is 24.9. The van der Waals surface area contributed by atoms with Crippen LogP contribution >= 0.6 is 0 Å². The molecule has 0 aliphatic heterocycles. The fourth-order valence-electron chi connectivity index (χ4n) is 2.55. The number of allylic oxidation sites excluding steroid dienone is 2. The van der Waals surface area contributed by atoms with Crippen molar-refractivity contribution in [2.45, 2.75) is 46.3 Å². The monoisotopic (exact) mass is 570 g/mol. The lowest BCUT2D eigenvalue weighted by Crippen LogP contribution is -2.28. The van der Waals surface area contributed by atoms with Gasteiger partial charge in [-0.25, -0.2) is 5.48 Å². The smallest absolute Gasteiger partial charge is 0.243 e. The van der Waals surface area contributed by atoms with Crippen molar-refractivity contribution in [2.24, 2.45) is 0 Å². The van der Waals surface area contributed by atoms with Crippen molar-refractivity contribution in [1.29, 1.82) is 0 Å². The van der Waals surface area contributed by atoms with Gasteiger partial charge in [0.25, 0.3) is 0 Å². The predicted molar refractivity (Wildman–Crippen MR) is 164 cm³/mol. The molecular formula is C31H46N4O6. The van der Waals surface area contributed by atoms with Crippen LogP contribution in [0.1, 0.15) is 49.5 Å². The van der Waals surface area contributed by atoms with Gasteiger partial charge in [-0.3, -0.25) is 24.6 Å². The Kier molecular flexibility index (Phi) is 25.4. The zero-order valence-corrected chi connectivity index (χ0v) is 24.6. The van der Waals surface area contributed by atoms with Crippen molar-refractivity contribution >= 4 is 30.6 Å². The summed E-state index contributed by atoms with van der Waals surface area (Å²) in [6, 6.07) is 11.0. The van der Waals surface area contributed by atoms with Crippen LogP contribution in [0.2, 0.25) is 0 Å². The summed E-state index contributed by atoms with van der Waals surface area (Å²) in [6.45, 7) is 14.4. The fraction of sp³-hybridized carbons (Fsp3) is 0.355.